The standard InChI is InChI=1S/C15H27N3S/c1-12-10-18(13-8-6-5-7-9-13)14(17-12)16-11-15(2,3)19-4/h10,13H,5-9,11H2,1-4H3,(H,16,17). The minimum atomic E-state index is 0.247. The van der Waals surface area contributed by atoms with Crippen LogP contribution < -0.4 is 5.32 Å². The molecule has 2 rings (SSSR count). The Hall–Kier alpha value is -0.640. The first-order valence-electron chi connectivity index (χ1n) is 7.36. The number of hydrogen-bond donors (Lipinski definition) is 1. The summed E-state index contributed by atoms with van der Waals surface area (Å²) in [6, 6.07) is 0.648. The van der Waals surface area contributed by atoms with E-state index >= 15 is 0 Å². The molecular formula is C15H27N3S. The molecule has 1 aliphatic carbocycles. The van der Waals surface area contributed by atoms with Crippen molar-refractivity contribution in [2.45, 2.75) is 63.7 Å². The largest absolute Gasteiger partial charge is 0.354 e. The van der Waals surface area contributed by atoms with Gasteiger partial charge in [-0.15, -0.1) is 0 Å². The smallest absolute Gasteiger partial charge is 0.203 e. The maximum absolute atomic E-state index is 4.67. The Labute approximate surface area is 121 Å². The molecule has 108 valence electrons. The highest BCUT2D eigenvalue weighted by Gasteiger charge is 2.21. The lowest BCUT2D eigenvalue weighted by Gasteiger charge is -2.27. The quantitative estimate of drug-likeness (QED) is 0.875. The highest BCUT2D eigenvalue weighted by atomic mass is 32.2. The van der Waals surface area contributed by atoms with Crippen molar-refractivity contribution in [1.29, 1.82) is 0 Å². The molecular weight excluding hydrogens is 254 g/mol. The van der Waals surface area contributed by atoms with Gasteiger partial charge in [-0.2, -0.15) is 11.8 Å². The molecule has 1 aromatic rings. The van der Waals surface area contributed by atoms with Gasteiger partial charge in [-0.25, -0.2) is 4.98 Å². The number of aromatic nitrogens is 2. The average Bonchev–Trinajstić information content (AvgIpc) is 2.79. The van der Waals surface area contributed by atoms with Crippen molar-refractivity contribution >= 4 is 17.7 Å². The van der Waals surface area contributed by atoms with Crippen molar-refractivity contribution in [2.75, 3.05) is 18.1 Å². The van der Waals surface area contributed by atoms with Gasteiger partial charge in [0, 0.05) is 23.5 Å². The van der Waals surface area contributed by atoms with E-state index in [1.54, 1.807) is 0 Å². The maximum atomic E-state index is 4.67. The molecule has 19 heavy (non-hydrogen) atoms. The van der Waals surface area contributed by atoms with E-state index in [9.17, 15) is 0 Å². The Morgan fingerprint density at radius 2 is 2.05 bits per heavy atom. The van der Waals surface area contributed by atoms with Gasteiger partial charge in [0.15, 0.2) is 0 Å². The second-order valence-electron chi connectivity index (χ2n) is 6.22. The first-order valence-corrected chi connectivity index (χ1v) is 8.59. The third-order valence-electron chi connectivity index (χ3n) is 4.05. The molecule has 0 aliphatic heterocycles. The molecule has 0 amide bonds. The number of anilines is 1. The van der Waals surface area contributed by atoms with Crippen LogP contribution in [-0.2, 0) is 0 Å². The summed E-state index contributed by atoms with van der Waals surface area (Å²) in [5, 5.41) is 3.55. The number of aryl methyl sites for hydroxylation is 1. The molecule has 1 aliphatic rings. The van der Waals surface area contributed by atoms with Crippen molar-refractivity contribution in [3.05, 3.63) is 11.9 Å². The molecule has 0 unspecified atom stereocenters. The highest BCUT2D eigenvalue weighted by molar-refractivity contribution is 7.99. The van der Waals surface area contributed by atoms with Crippen LogP contribution in [0.5, 0.6) is 0 Å². The van der Waals surface area contributed by atoms with Gasteiger partial charge in [0.05, 0.1) is 5.69 Å². The number of hydrogen-bond acceptors (Lipinski definition) is 3. The Morgan fingerprint density at radius 1 is 1.37 bits per heavy atom. The van der Waals surface area contributed by atoms with Gasteiger partial charge >= 0.3 is 0 Å². The fraction of sp³-hybridized carbons (Fsp3) is 0.800. The Balaban J connectivity index is 2.07. The summed E-state index contributed by atoms with van der Waals surface area (Å²) in [7, 11) is 0. The van der Waals surface area contributed by atoms with E-state index in [0.717, 1.165) is 18.2 Å². The zero-order chi connectivity index (χ0) is 13.9. The second-order valence-corrected chi connectivity index (χ2v) is 7.74. The number of thioether (sulfide) groups is 1. The molecule has 0 saturated heterocycles. The molecule has 3 nitrogen and oxygen atoms in total. The minimum absolute atomic E-state index is 0.247. The average molecular weight is 281 g/mol. The zero-order valence-corrected chi connectivity index (χ0v) is 13.5. The number of imidazole rings is 1. The molecule has 0 radical (unpaired) electrons. The third-order valence-corrected chi connectivity index (χ3v) is 5.30. The monoisotopic (exact) mass is 281 g/mol. The number of rotatable bonds is 5. The molecule has 0 atom stereocenters. The van der Waals surface area contributed by atoms with E-state index in [-0.39, 0.29) is 4.75 Å². The van der Waals surface area contributed by atoms with Crippen molar-refractivity contribution in [2.24, 2.45) is 0 Å². The lowest BCUT2D eigenvalue weighted by Crippen LogP contribution is -2.27. The summed E-state index contributed by atoms with van der Waals surface area (Å²) in [6.07, 6.45) is 11.1. The van der Waals surface area contributed by atoms with E-state index < -0.39 is 0 Å². The second kappa shape index (κ2) is 6.21. The molecule has 1 saturated carbocycles. The van der Waals surface area contributed by atoms with Crippen LogP contribution in [0.2, 0.25) is 0 Å². The maximum Gasteiger partial charge on any atom is 0.203 e. The normalized spacial score (nSPS) is 17.7. The van der Waals surface area contributed by atoms with Crippen LogP contribution in [0.1, 0.15) is 57.7 Å². The van der Waals surface area contributed by atoms with Gasteiger partial charge in [-0.3, -0.25) is 0 Å². The Morgan fingerprint density at radius 3 is 2.68 bits per heavy atom. The molecule has 1 aromatic heterocycles. The lowest BCUT2D eigenvalue weighted by atomic mass is 9.95. The van der Waals surface area contributed by atoms with Gasteiger partial charge in [0.25, 0.3) is 0 Å². The van der Waals surface area contributed by atoms with E-state index in [0.29, 0.717) is 6.04 Å². The SMILES string of the molecule is CSC(C)(C)CNc1nc(C)cn1C1CCCCC1. The molecule has 0 bridgehead atoms. The molecule has 1 N–H and O–H groups in total. The summed E-state index contributed by atoms with van der Waals surface area (Å²) in [4.78, 5) is 4.67. The number of nitrogens with one attached hydrogen (secondary N) is 1. The molecule has 0 spiro atoms. The van der Waals surface area contributed by atoms with Crippen molar-refractivity contribution in [1.82, 2.24) is 9.55 Å². The third kappa shape index (κ3) is 3.91. The number of nitrogens with zero attached hydrogens (tertiary/aromatic N) is 2. The first kappa shape index (κ1) is 14.8. The summed E-state index contributed by atoms with van der Waals surface area (Å²) in [5.74, 6) is 1.06. The molecule has 4 heteroatoms. The van der Waals surface area contributed by atoms with Crippen LogP contribution in [0.4, 0.5) is 5.95 Å². The first-order chi connectivity index (χ1) is 9.02. The summed E-state index contributed by atoms with van der Waals surface area (Å²) in [6.45, 7) is 7.58. The van der Waals surface area contributed by atoms with Crippen molar-refractivity contribution in [3.63, 3.8) is 0 Å². The van der Waals surface area contributed by atoms with Crippen molar-refractivity contribution < 1.29 is 0 Å². The van der Waals surface area contributed by atoms with Gasteiger partial charge in [0.1, 0.15) is 0 Å². The van der Waals surface area contributed by atoms with E-state index in [1.807, 2.05) is 11.8 Å². The van der Waals surface area contributed by atoms with Gasteiger partial charge in [0.2, 0.25) is 5.95 Å². The van der Waals surface area contributed by atoms with Crippen LogP contribution in [0.25, 0.3) is 0 Å². The van der Waals surface area contributed by atoms with Crippen LogP contribution in [0.3, 0.4) is 0 Å². The minimum Gasteiger partial charge on any atom is -0.354 e. The fourth-order valence-electron chi connectivity index (χ4n) is 2.65. The van der Waals surface area contributed by atoms with Crippen molar-refractivity contribution in [3.8, 4) is 0 Å². The molecule has 1 fully saturated rings. The molecule has 1 heterocycles. The fourth-order valence-corrected chi connectivity index (χ4v) is 2.87. The highest BCUT2D eigenvalue weighted by Crippen LogP contribution is 2.31. The summed E-state index contributed by atoms with van der Waals surface area (Å²) >= 11 is 1.90. The Kier molecular flexibility index (Phi) is 4.82. The summed E-state index contributed by atoms with van der Waals surface area (Å²) in [5.41, 5.74) is 1.12. The van der Waals surface area contributed by atoms with E-state index in [2.05, 4.69) is 48.1 Å². The predicted molar refractivity (Wildman–Crippen MR) is 85.2 cm³/mol. The molecule has 0 aromatic carbocycles. The van der Waals surface area contributed by atoms with Crippen LogP contribution >= 0.6 is 11.8 Å². The summed E-state index contributed by atoms with van der Waals surface area (Å²) < 4.78 is 2.63. The van der Waals surface area contributed by atoms with E-state index in [1.165, 1.54) is 32.1 Å². The predicted octanol–water partition coefficient (Wildman–Crippen LogP) is 4.25. The van der Waals surface area contributed by atoms with E-state index in [4.69, 9.17) is 0 Å². The lowest BCUT2D eigenvalue weighted by molar-refractivity contribution is 0.355. The topological polar surface area (TPSA) is 29.9 Å². The van der Waals surface area contributed by atoms with Crippen LogP contribution in [0.15, 0.2) is 6.20 Å². The van der Waals surface area contributed by atoms with Gasteiger partial charge < -0.3 is 9.88 Å². The van der Waals surface area contributed by atoms with Gasteiger partial charge in [-0.05, 0) is 39.9 Å². The van der Waals surface area contributed by atoms with Crippen LogP contribution in [0, 0.1) is 6.92 Å². The van der Waals surface area contributed by atoms with Crippen LogP contribution in [-0.4, -0.2) is 27.1 Å². The zero-order valence-electron chi connectivity index (χ0n) is 12.7. The van der Waals surface area contributed by atoms with Gasteiger partial charge in [-0.1, -0.05) is 19.3 Å². The Bertz CT molecular complexity index is 406.